The summed E-state index contributed by atoms with van der Waals surface area (Å²) in [5, 5.41) is 9.43. The van der Waals surface area contributed by atoms with E-state index < -0.39 is 0 Å². The summed E-state index contributed by atoms with van der Waals surface area (Å²) in [7, 11) is 0. The SMILES string of the molecule is O=C(COc1ccccc1)Nc1ccc(N2C(=S)NC(c3ccccn3)C2c2cccn2-c2ccc3ccccc3c2)cc1. The van der Waals surface area contributed by atoms with E-state index in [9.17, 15) is 4.79 Å². The number of anilines is 2. The highest BCUT2D eigenvalue weighted by atomic mass is 32.1. The number of ether oxygens (including phenoxy) is 1. The third kappa shape index (κ3) is 5.50. The molecular formula is C36H29N5O2S. The maximum atomic E-state index is 12.6. The number of carbonyl (C=O) groups excluding carboxylic acids is 1. The fraction of sp³-hybridized carbons (Fsp3) is 0.0833. The van der Waals surface area contributed by atoms with Gasteiger partial charge in [-0.2, -0.15) is 0 Å². The molecule has 2 unspecified atom stereocenters. The third-order valence-electron chi connectivity index (χ3n) is 7.74. The number of carbonyl (C=O) groups is 1. The van der Waals surface area contributed by atoms with E-state index in [4.69, 9.17) is 21.9 Å². The van der Waals surface area contributed by atoms with Gasteiger partial charge in [-0.25, -0.2) is 0 Å². The summed E-state index contributed by atoms with van der Waals surface area (Å²) in [5.74, 6) is 0.413. The summed E-state index contributed by atoms with van der Waals surface area (Å²) in [6.07, 6.45) is 3.89. The second-order valence-electron chi connectivity index (χ2n) is 10.5. The van der Waals surface area contributed by atoms with Gasteiger partial charge >= 0.3 is 0 Å². The molecule has 216 valence electrons. The minimum absolute atomic E-state index is 0.0779. The zero-order valence-electron chi connectivity index (χ0n) is 23.7. The van der Waals surface area contributed by atoms with Crippen LogP contribution in [-0.2, 0) is 4.79 Å². The molecule has 1 amide bonds. The molecule has 8 heteroatoms. The molecule has 1 fully saturated rings. The zero-order valence-corrected chi connectivity index (χ0v) is 24.5. The van der Waals surface area contributed by atoms with Crippen LogP contribution in [0.2, 0.25) is 0 Å². The van der Waals surface area contributed by atoms with Crippen molar-refractivity contribution in [3.8, 4) is 11.4 Å². The van der Waals surface area contributed by atoms with Gasteiger partial charge in [0, 0.05) is 35.1 Å². The molecular weight excluding hydrogens is 566 g/mol. The standard InChI is InChI=1S/C36H29N5O2S/c42-33(24-43-30-11-2-1-3-12-30)38-27-16-19-28(20-17-27)41-35(34(39-36(41)44)31-13-6-7-21-37-31)32-14-8-22-40(32)29-18-15-25-9-4-5-10-26(25)23-29/h1-23,34-35H,24H2,(H,38,42)(H,39,44). The highest BCUT2D eigenvalue weighted by Crippen LogP contribution is 2.42. The number of para-hydroxylation sites is 1. The number of amides is 1. The van der Waals surface area contributed by atoms with Crippen molar-refractivity contribution >= 4 is 45.4 Å². The molecule has 44 heavy (non-hydrogen) atoms. The molecule has 2 N–H and O–H groups in total. The number of aromatic nitrogens is 2. The van der Waals surface area contributed by atoms with Gasteiger partial charge in [-0.15, -0.1) is 0 Å². The predicted molar refractivity (Wildman–Crippen MR) is 178 cm³/mol. The molecule has 0 radical (unpaired) electrons. The molecule has 1 saturated heterocycles. The molecule has 2 atom stereocenters. The number of thiocarbonyl (C=S) groups is 1. The van der Waals surface area contributed by atoms with Crippen molar-refractivity contribution in [1.29, 1.82) is 0 Å². The van der Waals surface area contributed by atoms with Gasteiger partial charge in [-0.1, -0.05) is 54.6 Å². The van der Waals surface area contributed by atoms with Crippen LogP contribution in [0.25, 0.3) is 16.5 Å². The number of nitrogens with one attached hydrogen (secondary N) is 2. The van der Waals surface area contributed by atoms with Gasteiger partial charge in [-0.05, 0) is 95.8 Å². The molecule has 1 aliphatic rings. The monoisotopic (exact) mass is 595 g/mol. The fourth-order valence-electron chi connectivity index (χ4n) is 5.70. The topological polar surface area (TPSA) is 71.4 Å². The van der Waals surface area contributed by atoms with Crippen molar-refractivity contribution in [2.45, 2.75) is 12.1 Å². The first-order valence-electron chi connectivity index (χ1n) is 14.4. The Morgan fingerprint density at radius 3 is 2.36 bits per heavy atom. The van der Waals surface area contributed by atoms with Crippen LogP contribution in [0.15, 0.2) is 140 Å². The zero-order chi connectivity index (χ0) is 29.9. The largest absolute Gasteiger partial charge is 0.484 e. The van der Waals surface area contributed by atoms with Crippen molar-refractivity contribution < 1.29 is 9.53 Å². The number of nitrogens with zero attached hydrogens (tertiary/aromatic N) is 3. The average Bonchev–Trinajstić information content (AvgIpc) is 3.69. The van der Waals surface area contributed by atoms with Crippen LogP contribution in [0.5, 0.6) is 5.75 Å². The highest BCUT2D eigenvalue weighted by molar-refractivity contribution is 7.80. The number of fused-ring (bicyclic) bond motifs is 1. The number of hydrogen-bond donors (Lipinski definition) is 2. The maximum absolute atomic E-state index is 12.6. The Morgan fingerprint density at radius 1 is 0.818 bits per heavy atom. The van der Waals surface area contributed by atoms with Crippen molar-refractivity contribution in [3.63, 3.8) is 0 Å². The van der Waals surface area contributed by atoms with Crippen LogP contribution in [0.1, 0.15) is 23.5 Å². The summed E-state index contributed by atoms with van der Waals surface area (Å²) in [6, 6.07) is 41.6. The smallest absolute Gasteiger partial charge is 0.262 e. The first kappa shape index (κ1) is 27.4. The molecule has 7 nitrogen and oxygen atoms in total. The molecule has 4 aromatic carbocycles. The Labute approximate surface area is 260 Å². The van der Waals surface area contributed by atoms with Gasteiger partial charge in [0.25, 0.3) is 5.91 Å². The molecule has 0 aliphatic carbocycles. The van der Waals surface area contributed by atoms with Crippen LogP contribution in [0.3, 0.4) is 0 Å². The number of pyridine rings is 1. The van der Waals surface area contributed by atoms with Crippen molar-refractivity contribution in [1.82, 2.24) is 14.9 Å². The Kier molecular flexibility index (Phi) is 7.48. The third-order valence-corrected chi connectivity index (χ3v) is 8.05. The summed E-state index contributed by atoms with van der Waals surface area (Å²) in [4.78, 5) is 19.4. The van der Waals surface area contributed by atoms with E-state index in [2.05, 4.69) is 80.9 Å². The van der Waals surface area contributed by atoms with E-state index in [1.165, 1.54) is 10.8 Å². The lowest BCUT2D eigenvalue weighted by atomic mass is 10.0. The highest BCUT2D eigenvalue weighted by Gasteiger charge is 2.42. The molecule has 0 spiro atoms. The second-order valence-corrected chi connectivity index (χ2v) is 10.9. The van der Waals surface area contributed by atoms with Gasteiger partial charge in [0.1, 0.15) is 11.8 Å². The Bertz CT molecular complexity index is 1930. The van der Waals surface area contributed by atoms with E-state index in [1.807, 2.05) is 72.8 Å². The lowest BCUT2D eigenvalue weighted by Crippen LogP contribution is -2.30. The van der Waals surface area contributed by atoms with E-state index in [-0.39, 0.29) is 24.6 Å². The van der Waals surface area contributed by atoms with Gasteiger partial charge in [0.2, 0.25) is 0 Å². The van der Waals surface area contributed by atoms with Gasteiger partial charge in [-0.3, -0.25) is 9.78 Å². The second kappa shape index (κ2) is 12.0. The van der Waals surface area contributed by atoms with Gasteiger partial charge in [0.05, 0.1) is 11.7 Å². The normalized spacial score (nSPS) is 16.1. The molecule has 6 aromatic rings. The van der Waals surface area contributed by atoms with Gasteiger partial charge < -0.3 is 24.8 Å². The quantitative estimate of drug-likeness (QED) is 0.181. The molecule has 1 aliphatic heterocycles. The molecule has 3 heterocycles. The number of rotatable bonds is 8. The van der Waals surface area contributed by atoms with Gasteiger partial charge in [0.15, 0.2) is 11.7 Å². The minimum Gasteiger partial charge on any atom is -0.484 e. The first-order chi connectivity index (χ1) is 21.6. The summed E-state index contributed by atoms with van der Waals surface area (Å²) in [6.45, 7) is -0.0779. The molecule has 0 saturated carbocycles. The van der Waals surface area contributed by atoms with Crippen LogP contribution in [-0.4, -0.2) is 27.2 Å². The Morgan fingerprint density at radius 2 is 1.57 bits per heavy atom. The number of hydrogen-bond acceptors (Lipinski definition) is 4. The van der Waals surface area contributed by atoms with E-state index in [0.717, 1.165) is 22.8 Å². The van der Waals surface area contributed by atoms with Crippen molar-refractivity contribution in [2.24, 2.45) is 0 Å². The van der Waals surface area contributed by atoms with Crippen LogP contribution in [0.4, 0.5) is 11.4 Å². The molecule has 0 bridgehead atoms. The lowest BCUT2D eigenvalue weighted by molar-refractivity contribution is -0.118. The van der Waals surface area contributed by atoms with E-state index in [0.29, 0.717) is 16.5 Å². The van der Waals surface area contributed by atoms with Crippen LogP contribution >= 0.6 is 12.2 Å². The van der Waals surface area contributed by atoms with E-state index in [1.54, 1.807) is 6.20 Å². The fourth-order valence-corrected chi connectivity index (χ4v) is 6.04. The minimum atomic E-state index is -0.235. The first-order valence-corrected chi connectivity index (χ1v) is 14.8. The van der Waals surface area contributed by atoms with E-state index >= 15 is 0 Å². The summed E-state index contributed by atoms with van der Waals surface area (Å²) < 4.78 is 7.80. The predicted octanol–water partition coefficient (Wildman–Crippen LogP) is 7.22. The Hall–Kier alpha value is -5.47. The van der Waals surface area contributed by atoms with Crippen molar-refractivity contribution in [3.05, 3.63) is 151 Å². The maximum Gasteiger partial charge on any atom is 0.262 e. The van der Waals surface area contributed by atoms with Crippen LogP contribution in [0, 0.1) is 0 Å². The molecule has 2 aromatic heterocycles. The molecule has 7 rings (SSSR count). The summed E-state index contributed by atoms with van der Waals surface area (Å²) >= 11 is 5.95. The lowest BCUT2D eigenvalue weighted by Gasteiger charge is -2.29. The number of benzene rings is 4. The van der Waals surface area contributed by atoms with Crippen LogP contribution < -0.4 is 20.3 Å². The Balaban J connectivity index is 1.19. The summed E-state index contributed by atoms with van der Waals surface area (Å²) in [5.41, 5.74) is 4.60. The average molecular weight is 596 g/mol. The van der Waals surface area contributed by atoms with Crippen molar-refractivity contribution in [2.75, 3.05) is 16.8 Å².